The first-order valence-corrected chi connectivity index (χ1v) is 6.63. The van der Waals surface area contributed by atoms with E-state index in [0.717, 1.165) is 18.6 Å². The maximum absolute atomic E-state index is 4.09. The Morgan fingerprint density at radius 1 is 1.11 bits per heavy atom. The number of hydrogen-bond donors (Lipinski definition) is 2. The molecular weight excluding hydrogens is 234 g/mol. The molecule has 0 radical (unpaired) electrons. The Bertz CT molecular complexity index is 729. The van der Waals surface area contributed by atoms with Crippen molar-refractivity contribution in [3.05, 3.63) is 65.4 Å². The number of hydrogen-bond acceptors (Lipinski definition) is 2. The second-order valence-corrected chi connectivity index (χ2v) is 5.10. The van der Waals surface area contributed by atoms with Crippen LogP contribution in [0.1, 0.15) is 22.6 Å². The molecule has 0 unspecified atom stereocenters. The highest BCUT2D eigenvalue weighted by Crippen LogP contribution is 2.31. The van der Waals surface area contributed by atoms with Crippen molar-refractivity contribution >= 4 is 10.9 Å². The maximum atomic E-state index is 4.09. The molecule has 1 aliphatic rings. The molecule has 1 aromatic heterocycles. The molecule has 4 rings (SSSR count). The van der Waals surface area contributed by atoms with Crippen molar-refractivity contribution in [2.45, 2.75) is 12.5 Å². The first kappa shape index (κ1) is 10.8. The fourth-order valence-corrected chi connectivity index (χ4v) is 2.97. The Morgan fingerprint density at radius 2 is 2.05 bits per heavy atom. The minimum Gasteiger partial charge on any atom is -0.312 e. The minimum atomic E-state index is 0.434. The van der Waals surface area contributed by atoms with Gasteiger partial charge in [-0.15, -0.1) is 0 Å². The molecule has 2 aromatic carbocycles. The average molecular weight is 249 g/mol. The van der Waals surface area contributed by atoms with Crippen molar-refractivity contribution in [3.63, 3.8) is 0 Å². The maximum Gasteiger partial charge on any atom is 0.0650 e. The van der Waals surface area contributed by atoms with Crippen molar-refractivity contribution in [1.29, 1.82) is 0 Å². The summed E-state index contributed by atoms with van der Waals surface area (Å²) < 4.78 is 0. The lowest BCUT2D eigenvalue weighted by molar-refractivity contribution is 0.592. The molecule has 0 fully saturated rings. The summed E-state index contributed by atoms with van der Waals surface area (Å²) in [7, 11) is 0. The molecule has 1 atom stereocenters. The van der Waals surface area contributed by atoms with Crippen LogP contribution < -0.4 is 5.32 Å². The Balaban J connectivity index is 1.84. The molecule has 94 valence electrons. The normalized spacial score (nSPS) is 18.4. The Hall–Kier alpha value is -2.13. The summed E-state index contributed by atoms with van der Waals surface area (Å²) in [6, 6.07) is 15.3. The third kappa shape index (κ3) is 1.74. The Labute approximate surface area is 111 Å². The largest absolute Gasteiger partial charge is 0.312 e. The van der Waals surface area contributed by atoms with E-state index in [1.165, 1.54) is 22.1 Å². The van der Waals surface area contributed by atoms with E-state index in [4.69, 9.17) is 0 Å². The van der Waals surface area contributed by atoms with E-state index >= 15 is 0 Å². The number of aromatic nitrogens is 2. The number of rotatable bonds is 1. The van der Waals surface area contributed by atoms with Crippen LogP contribution in [0.5, 0.6) is 0 Å². The van der Waals surface area contributed by atoms with Gasteiger partial charge in [-0.2, -0.15) is 5.10 Å². The smallest absolute Gasteiger partial charge is 0.0650 e. The monoisotopic (exact) mass is 249 g/mol. The van der Waals surface area contributed by atoms with Crippen LogP contribution in [0.2, 0.25) is 0 Å². The van der Waals surface area contributed by atoms with Crippen LogP contribution in [0.15, 0.2) is 48.7 Å². The van der Waals surface area contributed by atoms with Gasteiger partial charge in [0.1, 0.15) is 0 Å². The van der Waals surface area contributed by atoms with Gasteiger partial charge in [0.05, 0.1) is 11.7 Å². The molecule has 19 heavy (non-hydrogen) atoms. The Kier molecular flexibility index (Phi) is 2.38. The standard InChI is InChI=1S/C16H15N3/c1-2-4-14-12(3-1)8-17-10-15(14)11-5-6-16-13(7-11)9-18-19-16/h1-7,9,15,17H,8,10H2,(H,18,19)/t15-/m0/s1. The van der Waals surface area contributed by atoms with E-state index in [2.05, 4.69) is 58.0 Å². The zero-order chi connectivity index (χ0) is 12.7. The summed E-state index contributed by atoms with van der Waals surface area (Å²) in [4.78, 5) is 0. The van der Waals surface area contributed by atoms with Crippen LogP contribution in [0, 0.1) is 0 Å². The molecule has 1 aliphatic heterocycles. The van der Waals surface area contributed by atoms with E-state index < -0.39 is 0 Å². The molecule has 0 aliphatic carbocycles. The van der Waals surface area contributed by atoms with Crippen molar-refractivity contribution in [3.8, 4) is 0 Å². The molecule has 0 amide bonds. The summed E-state index contributed by atoms with van der Waals surface area (Å²) in [5.41, 5.74) is 5.31. The number of benzene rings is 2. The zero-order valence-electron chi connectivity index (χ0n) is 10.6. The molecular formula is C16H15N3. The minimum absolute atomic E-state index is 0.434. The number of fused-ring (bicyclic) bond motifs is 2. The van der Waals surface area contributed by atoms with Gasteiger partial charge in [-0.25, -0.2) is 0 Å². The number of aromatic amines is 1. The molecule has 0 saturated carbocycles. The van der Waals surface area contributed by atoms with Crippen molar-refractivity contribution in [2.75, 3.05) is 6.54 Å². The van der Waals surface area contributed by atoms with Crippen LogP contribution >= 0.6 is 0 Å². The molecule has 0 spiro atoms. The summed E-state index contributed by atoms with van der Waals surface area (Å²) >= 11 is 0. The summed E-state index contributed by atoms with van der Waals surface area (Å²) in [6.45, 7) is 1.97. The lowest BCUT2D eigenvalue weighted by Crippen LogP contribution is -2.28. The third-order valence-corrected chi connectivity index (χ3v) is 3.96. The summed E-state index contributed by atoms with van der Waals surface area (Å²) in [5, 5.41) is 11.8. The molecule has 3 aromatic rings. The van der Waals surface area contributed by atoms with E-state index in [-0.39, 0.29) is 0 Å². The van der Waals surface area contributed by atoms with E-state index in [9.17, 15) is 0 Å². The van der Waals surface area contributed by atoms with Gasteiger partial charge in [0.2, 0.25) is 0 Å². The highest BCUT2D eigenvalue weighted by Gasteiger charge is 2.21. The van der Waals surface area contributed by atoms with Gasteiger partial charge in [0.15, 0.2) is 0 Å². The van der Waals surface area contributed by atoms with Gasteiger partial charge in [0, 0.05) is 24.4 Å². The lowest BCUT2D eigenvalue weighted by Gasteiger charge is -2.26. The predicted molar refractivity (Wildman–Crippen MR) is 76.1 cm³/mol. The van der Waals surface area contributed by atoms with Gasteiger partial charge in [-0.05, 0) is 28.8 Å². The van der Waals surface area contributed by atoms with Gasteiger partial charge in [-0.3, -0.25) is 5.10 Å². The van der Waals surface area contributed by atoms with Crippen LogP contribution in [-0.2, 0) is 6.54 Å². The van der Waals surface area contributed by atoms with E-state index in [1.54, 1.807) is 0 Å². The highest BCUT2D eigenvalue weighted by atomic mass is 15.1. The van der Waals surface area contributed by atoms with E-state index in [0.29, 0.717) is 5.92 Å². The first-order chi connectivity index (χ1) is 9.42. The average Bonchev–Trinajstić information content (AvgIpc) is 2.94. The van der Waals surface area contributed by atoms with Crippen molar-refractivity contribution < 1.29 is 0 Å². The number of H-pyrrole nitrogens is 1. The molecule has 0 saturated heterocycles. The van der Waals surface area contributed by atoms with Crippen molar-refractivity contribution in [1.82, 2.24) is 15.5 Å². The third-order valence-electron chi connectivity index (χ3n) is 3.96. The molecule has 3 nitrogen and oxygen atoms in total. The quantitative estimate of drug-likeness (QED) is 0.696. The topological polar surface area (TPSA) is 40.7 Å². The van der Waals surface area contributed by atoms with Crippen LogP contribution in [0.3, 0.4) is 0 Å². The fraction of sp³-hybridized carbons (Fsp3) is 0.188. The summed E-state index contributed by atoms with van der Waals surface area (Å²) in [5.74, 6) is 0.434. The SMILES string of the molecule is c1ccc2c(c1)CNC[C@H]2c1ccc2[nH]ncc2c1. The summed E-state index contributed by atoms with van der Waals surface area (Å²) in [6.07, 6.45) is 1.89. The molecule has 0 bridgehead atoms. The van der Waals surface area contributed by atoms with Gasteiger partial charge >= 0.3 is 0 Å². The predicted octanol–water partition coefficient (Wildman–Crippen LogP) is 2.80. The molecule has 2 heterocycles. The molecule has 3 heteroatoms. The lowest BCUT2D eigenvalue weighted by atomic mass is 9.85. The zero-order valence-corrected chi connectivity index (χ0v) is 10.6. The van der Waals surface area contributed by atoms with Crippen LogP contribution in [0.25, 0.3) is 10.9 Å². The number of nitrogens with one attached hydrogen (secondary N) is 2. The van der Waals surface area contributed by atoms with Gasteiger partial charge < -0.3 is 5.32 Å². The van der Waals surface area contributed by atoms with Crippen molar-refractivity contribution in [2.24, 2.45) is 0 Å². The van der Waals surface area contributed by atoms with Crippen LogP contribution in [-0.4, -0.2) is 16.7 Å². The van der Waals surface area contributed by atoms with Gasteiger partial charge in [0.25, 0.3) is 0 Å². The number of nitrogens with zero attached hydrogens (tertiary/aromatic N) is 1. The second kappa shape index (κ2) is 4.21. The van der Waals surface area contributed by atoms with Crippen LogP contribution in [0.4, 0.5) is 0 Å². The highest BCUT2D eigenvalue weighted by molar-refractivity contribution is 5.78. The molecule has 2 N–H and O–H groups in total. The second-order valence-electron chi connectivity index (χ2n) is 5.10. The first-order valence-electron chi connectivity index (χ1n) is 6.63. The van der Waals surface area contributed by atoms with E-state index in [1.807, 2.05) is 6.20 Å². The Morgan fingerprint density at radius 3 is 3.05 bits per heavy atom. The van der Waals surface area contributed by atoms with Gasteiger partial charge in [-0.1, -0.05) is 30.3 Å². The fourth-order valence-electron chi connectivity index (χ4n) is 2.97.